The van der Waals surface area contributed by atoms with Crippen LogP contribution in [0.3, 0.4) is 0 Å². The SMILES string of the molecule is Cc1cccc(C(=O)N(C)C(C)CN)c1I. The predicted molar refractivity (Wildman–Crippen MR) is 74.5 cm³/mol. The molecule has 0 saturated carbocycles. The van der Waals surface area contributed by atoms with Gasteiger partial charge in [-0.15, -0.1) is 0 Å². The lowest BCUT2D eigenvalue weighted by molar-refractivity contribution is 0.0747. The van der Waals surface area contributed by atoms with E-state index < -0.39 is 0 Å². The van der Waals surface area contributed by atoms with Crippen molar-refractivity contribution in [3.05, 3.63) is 32.9 Å². The molecule has 0 saturated heterocycles. The highest BCUT2D eigenvalue weighted by Gasteiger charge is 2.18. The molecule has 0 heterocycles. The van der Waals surface area contributed by atoms with Gasteiger partial charge in [-0.3, -0.25) is 4.79 Å². The van der Waals surface area contributed by atoms with E-state index in [-0.39, 0.29) is 11.9 Å². The van der Waals surface area contributed by atoms with Gasteiger partial charge in [-0.1, -0.05) is 12.1 Å². The van der Waals surface area contributed by atoms with Gasteiger partial charge in [0.15, 0.2) is 0 Å². The molecule has 1 atom stereocenters. The number of aryl methyl sites for hydroxylation is 1. The van der Waals surface area contributed by atoms with Gasteiger partial charge in [0.2, 0.25) is 0 Å². The fraction of sp³-hybridized carbons (Fsp3) is 0.417. The molecule has 0 aliphatic carbocycles. The second-order valence-electron chi connectivity index (χ2n) is 3.94. The standard InChI is InChI=1S/C12H17IN2O/c1-8-5-4-6-10(11(8)13)12(16)15(3)9(2)7-14/h4-6,9H,7,14H2,1-3H3. The Bertz CT molecular complexity index is 393. The summed E-state index contributed by atoms with van der Waals surface area (Å²) in [5, 5.41) is 0. The first-order valence-corrected chi connectivity index (χ1v) is 6.29. The molecule has 3 nitrogen and oxygen atoms in total. The number of rotatable bonds is 3. The van der Waals surface area contributed by atoms with E-state index >= 15 is 0 Å². The van der Waals surface area contributed by atoms with Gasteiger partial charge in [0.1, 0.15) is 0 Å². The van der Waals surface area contributed by atoms with E-state index in [0.717, 1.165) is 14.7 Å². The Morgan fingerprint density at radius 2 is 2.19 bits per heavy atom. The van der Waals surface area contributed by atoms with Crippen LogP contribution < -0.4 is 5.73 Å². The first-order chi connectivity index (χ1) is 7.49. The number of hydrogen-bond acceptors (Lipinski definition) is 2. The Labute approximate surface area is 110 Å². The van der Waals surface area contributed by atoms with Gasteiger partial charge >= 0.3 is 0 Å². The molecule has 1 unspecified atom stereocenters. The molecule has 0 radical (unpaired) electrons. The van der Waals surface area contributed by atoms with Gasteiger partial charge in [0.25, 0.3) is 5.91 Å². The van der Waals surface area contributed by atoms with Gasteiger partial charge in [0.05, 0.1) is 5.56 Å². The molecule has 0 aromatic heterocycles. The highest BCUT2D eigenvalue weighted by atomic mass is 127. The summed E-state index contributed by atoms with van der Waals surface area (Å²) in [5.41, 5.74) is 7.44. The number of nitrogens with two attached hydrogens (primary N) is 1. The lowest BCUT2D eigenvalue weighted by Crippen LogP contribution is -2.40. The normalized spacial score (nSPS) is 12.3. The average Bonchev–Trinajstić information content (AvgIpc) is 2.29. The molecule has 4 heteroatoms. The summed E-state index contributed by atoms with van der Waals surface area (Å²) in [7, 11) is 1.79. The van der Waals surface area contributed by atoms with Crippen molar-refractivity contribution in [2.45, 2.75) is 19.9 Å². The zero-order chi connectivity index (χ0) is 12.3. The Morgan fingerprint density at radius 3 is 2.75 bits per heavy atom. The summed E-state index contributed by atoms with van der Waals surface area (Å²) in [6, 6.07) is 5.83. The molecule has 0 aliphatic heterocycles. The summed E-state index contributed by atoms with van der Waals surface area (Å²) < 4.78 is 1.01. The quantitative estimate of drug-likeness (QED) is 0.861. The molecule has 16 heavy (non-hydrogen) atoms. The van der Waals surface area contributed by atoms with Gasteiger partial charge in [0, 0.05) is 23.2 Å². The van der Waals surface area contributed by atoms with Crippen LogP contribution in [0.4, 0.5) is 0 Å². The lowest BCUT2D eigenvalue weighted by atomic mass is 10.1. The fourth-order valence-electron chi connectivity index (χ4n) is 1.36. The Kier molecular flexibility index (Phi) is 4.73. The van der Waals surface area contributed by atoms with Crippen molar-refractivity contribution in [1.29, 1.82) is 0 Å². The second-order valence-corrected chi connectivity index (χ2v) is 5.02. The summed E-state index contributed by atoms with van der Waals surface area (Å²) in [6.07, 6.45) is 0. The number of carbonyl (C=O) groups excluding carboxylic acids is 1. The van der Waals surface area contributed by atoms with E-state index in [4.69, 9.17) is 5.73 Å². The van der Waals surface area contributed by atoms with Crippen LogP contribution in [0.2, 0.25) is 0 Å². The Balaban J connectivity index is 3.01. The third-order valence-electron chi connectivity index (χ3n) is 2.74. The number of carbonyl (C=O) groups is 1. The average molecular weight is 332 g/mol. The predicted octanol–water partition coefficient (Wildman–Crippen LogP) is 2.02. The maximum absolute atomic E-state index is 12.2. The molecular weight excluding hydrogens is 315 g/mol. The fourth-order valence-corrected chi connectivity index (χ4v) is 1.95. The number of hydrogen-bond donors (Lipinski definition) is 1. The topological polar surface area (TPSA) is 46.3 Å². The molecule has 88 valence electrons. The number of likely N-dealkylation sites (N-methyl/N-ethyl adjacent to an activating group) is 1. The largest absolute Gasteiger partial charge is 0.338 e. The summed E-state index contributed by atoms with van der Waals surface area (Å²) >= 11 is 2.21. The van der Waals surface area contributed by atoms with Crippen molar-refractivity contribution in [3.63, 3.8) is 0 Å². The zero-order valence-electron chi connectivity index (χ0n) is 9.83. The molecule has 0 fully saturated rings. The van der Waals surface area contributed by atoms with Crippen LogP contribution in [0, 0.1) is 10.5 Å². The van der Waals surface area contributed by atoms with Gasteiger partial charge in [-0.05, 0) is 48.1 Å². The monoisotopic (exact) mass is 332 g/mol. The van der Waals surface area contributed by atoms with Crippen LogP contribution in [0.1, 0.15) is 22.8 Å². The molecule has 0 spiro atoms. The van der Waals surface area contributed by atoms with Gasteiger partial charge in [-0.2, -0.15) is 0 Å². The van der Waals surface area contributed by atoms with E-state index in [2.05, 4.69) is 22.6 Å². The molecule has 0 bridgehead atoms. The molecule has 0 aliphatic rings. The second kappa shape index (κ2) is 5.63. The zero-order valence-corrected chi connectivity index (χ0v) is 12.0. The first kappa shape index (κ1) is 13.4. The van der Waals surface area contributed by atoms with Crippen LogP contribution in [0.25, 0.3) is 0 Å². The molecule has 2 N–H and O–H groups in total. The Hall–Kier alpha value is -0.620. The molecule has 1 rings (SSSR count). The summed E-state index contributed by atoms with van der Waals surface area (Å²) in [6.45, 7) is 4.43. The minimum Gasteiger partial charge on any atom is -0.338 e. The van der Waals surface area contributed by atoms with Gasteiger partial charge in [-0.25, -0.2) is 0 Å². The maximum atomic E-state index is 12.2. The highest BCUT2D eigenvalue weighted by molar-refractivity contribution is 14.1. The number of amides is 1. The van der Waals surface area contributed by atoms with E-state index in [1.807, 2.05) is 32.0 Å². The van der Waals surface area contributed by atoms with Crippen molar-refractivity contribution < 1.29 is 4.79 Å². The third kappa shape index (κ3) is 2.74. The van der Waals surface area contributed by atoms with Crippen molar-refractivity contribution >= 4 is 28.5 Å². The van der Waals surface area contributed by atoms with E-state index in [0.29, 0.717) is 6.54 Å². The maximum Gasteiger partial charge on any atom is 0.254 e. The van der Waals surface area contributed by atoms with Gasteiger partial charge < -0.3 is 10.6 Å². The van der Waals surface area contributed by atoms with Crippen molar-refractivity contribution in [2.24, 2.45) is 5.73 Å². The van der Waals surface area contributed by atoms with E-state index in [9.17, 15) is 4.79 Å². The van der Waals surface area contributed by atoms with Crippen LogP contribution in [0.15, 0.2) is 18.2 Å². The van der Waals surface area contributed by atoms with Crippen molar-refractivity contribution in [1.82, 2.24) is 4.90 Å². The third-order valence-corrected chi connectivity index (χ3v) is 4.18. The van der Waals surface area contributed by atoms with Crippen LogP contribution in [-0.4, -0.2) is 30.4 Å². The number of halogens is 1. The highest BCUT2D eigenvalue weighted by Crippen LogP contribution is 2.18. The van der Waals surface area contributed by atoms with Crippen LogP contribution >= 0.6 is 22.6 Å². The van der Waals surface area contributed by atoms with E-state index in [1.54, 1.807) is 11.9 Å². The lowest BCUT2D eigenvalue weighted by Gasteiger charge is -2.24. The first-order valence-electron chi connectivity index (χ1n) is 5.21. The van der Waals surface area contributed by atoms with Crippen LogP contribution in [0.5, 0.6) is 0 Å². The molecule has 1 aromatic carbocycles. The summed E-state index contributed by atoms with van der Waals surface area (Å²) in [4.78, 5) is 13.9. The minimum absolute atomic E-state index is 0.0334. The molecule has 1 amide bonds. The van der Waals surface area contributed by atoms with Crippen LogP contribution in [-0.2, 0) is 0 Å². The number of nitrogens with zero attached hydrogens (tertiary/aromatic N) is 1. The minimum atomic E-state index is 0.0334. The Morgan fingerprint density at radius 1 is 1.56 bits per heavy atom. The van der Waals surface area contributed by atoms with E-state index in [1.165, 1.54) is 0 Å². The van der Waals surface area contributed by atoms with Crippen molar-refractivity contribution in [2.75, 3.05) is 13.6 Å². The number of benzene rings is 1. The van der Waals surface area contributed by atoms with Crippen molar-refractivity contribution in [3.8, 4) is 0 Å². The molecular formula is C12H17IN2O. The smallest absolute Gasteiger partial charge is 0.254 e. The summed E-state index contributed by atoms with van der Waals surface area (Å²) in [5.74, 6) is 0.0334. The molecule has 1 aromatic rings.